The summed E-state index contributed by atoms with van der Waals surface area (Å²) in [4.78, 5) is 1.29. The van der Waals surface area contributed by atoms with E-state index in [9.17, 15) is 5.11 Å². The van der Waals surface area contributed by atoms with Crippen LogP contribution in [0.1, 0.15) is 37.5 Å². The molecule has 1 heterocycles. The molecule has 2 rings (SSSR count). The molecule has 0 spiro atoms. The van der Waals surface area contributed by atoms with Crippen LogP contribution in [0.15, 0.2) is 15.9 Å². The van der Waals surface area contributed by atoms with Gasteiger partial charge in [-0.25, -0.2) is 0 Å². The van der Waals surface area contributed by atoms with E-state index >= 15 is 0 Å². The summed E-state index contributed by atoms with van der Waals surface area (Å²) in [5.74, 6) is 0.730. The van der Waals surface area contributed by atoms with Crippen LogP contribution in [0.4, 0.5) is 0 Å². The van der Waals surface area contributed by atoms with Gasteiger partial charge in [-0.2, -0.15) is 0 Å². The first-order chi connectivity index (χ1) is 7.13. The summed E-state index contributed by atoms with van der Waals surface area (Å²) < 4.78 is 1.15. The highest BCUT2D eigenvalue weighted by Crippen LogP contribution is 2.40. The Labute approximate surface area is 104 Å². The minimum absolute atomic E-state index is 0.436. The normalized spacial score (nSPS) is 31.0. The second kappa shape index (κ2) is 4.56. The molecule has 0 aliphatic heterocycles. The van der Waals surface area contributed by atoms with Crippen molar-refractivity contribution in [1.82, 2.24) is 0 Å². The Morgan fingerprint density at radius 1 is 1.67 bits per heavy atom. The molecule has 0 radical (unpaired) electrons. The zero-order valence-electron chi connectivity index (χ0n) is 9.00. The Hall–Kier alpha value is 0.140. The Morgan fingerprint density at radius 2 is 2.47 bits per heavy atom. The molecule has 1 N–H and O–H groups in total. The van der Waals surface area contributed by atoms with E-state index in [1.165, 1.54) is 17.7 Å². The van der Waals surface area contributed by atoms with Gasteiger partial charge in [0, 0.05) is 15.8 Å². The molecule has 1 fully saturated rings. The minimum Gasteiger partial charge on any atom is -0.390 e. The first-order valence-corrected chi connectivity index (χ1v) is 7.24. The first-order valence-electron chi connectivity index (χ1n) is 5.57. The molecule has 1 aliphatic rings. The standard InChI is InChI=1S/C12H17BrOS/c1-2-9-3-5-12(14,7-9)8-11-10(13)4-6-15-11/h4,6,9,14H,2-3,5,7-8H2,1H3. The molecule has 1 aliphatic carbocycles. The number of hydrogen-bond donors (Lipinski definition) is 1. The second-order valence-corrected chi connectivity index (χ2v) is 6.46. The van der Waals surface area contributed by atoms with Crippen molar-refractivity contribution in [2.45, 2.75) is 44.6 Å². The lowest BCUT2D eigenvalue weighted by Crippen LogP contribution is -2.27. The van der Waals surface area contributed by atoms with Gasteiger partial charge in [-0.3, -0.25) is 0 Å². The summed E-state index contributed by atoms with van der Waals surface area (Å²) in [6.45, 7) is 2.22. The van der Waals surface area contributed by atoms with Crippen molar-refractivity contribution in [2.24, 2.45) is 5.92 Å². The van der Waals surface area contributed by atoms with Gasteiger partial charge in [0.1, 0.15) is 0 Å². The minimum atomic E-state index is -0.436. The monoisotopic (exact) mass is 288 g/mol. The van der Waals surface area contributed by atoms with Crippen LogP contribution in [0.5, 0.6) is 0 Å². The fourth-order valence-electron chi connectivity index (χ4n) is 2.47. The predicted octanol–water partition coefficient (Wildman–Crippen LogP) is 3.99. The predicted molar refractivity (Wildman–Crippen MR) is 68.3 cm³/mol. The van der Waals surface area contributed by atoms with Crippen molar-refractivity contribution in [3.63, 3.8) is 0 Å². The highest BCUT2D eigenvalue weighted by atomic mass is 79.9. The molecule has 1 saturated carbocycles. The van der Waals surface area contributed by atoms with Crippen molar-refractivity contribution in [1.29, 1.82) is 0 Å². The van der Waals surface area contributed by atoms with Crippen LogP contribution in [-0.4, -0.2) is 10.7 Å². The average molecular weight is 289 g/mol. The first kappa shape index (κ1) is 11.6. The lowest BCUT2D eigenvalue weighted by atomic mass is 9.95. The zero-order chi connectivity index (χ0) is 10.9. The molecule has 84 valence electrons. The van der Waals surface area contributed by atoms with E-state index in [0.717, 1.165) is 29.7 Å². The Kier molecular flexibility index (Phi) is 3.53. The lowest BCUT2D eigenvalue weighted by molar-refractivity contribution is 0.0443. The number of halogens is 1. The SMILES string of the molecule is CCC1CCC(O)(Cc2sccc2Br)C1. The average Bonchev–Trinajstić information content (AvgIpc) is 2.75. The molecular weight excluding hydrogens is 272 g/mol. The largest absolute Gasteiger partial charge is 0.390 e. The third-order valence-corrected chi connectivity index (χ3v) is 5.37. The van der Waals surface area contributed by atoms with Gasteiger partial charge in [-0.1, -0.05) is 13.3 Å². The molecular formula is C12H17BrOS. The molecule has 15 heavy (non-hydrogen) atoms. The summed E-state index contributed by atoms with van der Waals surface area (Å²) in [6, 6.07) is 2.07. The van der Waals surface area contributed by atoms with Gasteiger partial charge in [0.15, 0.2) is 0 Å². The number of thiophene rings is 1. The number of aliphatic hydroxyl groups is 1. The van der Waals surface area contributed by atoms with Crippen molar-refractivity contribution < 1.29 is 5.11 Å². The van der Waals surface area contributed by atoms with Crippen LogP contribution in [0.2, 0.25) is 0 Å². The Bertz CT molecular complexity index is 336. The van der Waals surface area contributed by atoms with Gasteiger partial charge in [0.25, 0.3) is 0 Å². The van der Waals surface area contributed by atoms with Gasteiger partial charge >= 0.3 is 0 Å². The van der Waals surface area contributed by atoms with Gasteiger partial charge in [-0.15, -0.1) is 11.3 Å². The number of rotatable bonds is 3. The third-order valence-electron chi connectivity index (χ3n) is 3.44. The van der Waals surface area contributed by atoms with Gasteiger partial charge in [0.05, 0.1) is 5.60 Å². The smallest absolute Gasteiger partial charge is 0.0699 e. The van der Waals surface area contributed by atoms with E-state index in [0.29, 0.717) is 0 Å². The summed E-state index contributed by atoms with van der Waals surface area (Å²) in [6.07, 6.45) is 5.16. The fourth-order valence-corrected chi connectivity index (χ4v) is 4.10. The molecule has 2 atom stereocenters. The van der Waals surface area contributed by atoms with Gasteiger partial charge in [0.2, 0.25) is 0 Å². The second-order valence-electron chi connectivity index (χ2n) is 4.61. The van der Waals surface area contributed by atoms with E-state index in [1.807, 2.05) is 0 Å². The molecule has 2 unspecified atom stereocenters. The Morgan fingerprint density at radius 3 is 3.00 bits per heavy atom. The summed E-state index contributed by atoms with van der Waals surface area (Å²) in [5.41, 5.74) is -0.436. The lowest BCUT2D eigenvalue weighted by Gasteiger charge is -2.22. The maximum atomic E-state index is 10.5. The molecule has 1 nitrogen and oxygen atoms in total. The molecule has 3 heteroatoms. The van der Waals surface area contributed by atoms with Crippen LogP contribution in [0.25, 0.3) is 0 Å². The van der Waals surface area contributed by atoms with Crippen LogP contribution < -0.4 is 0 Å². The number of hydrogen-bond acceptors (Lipinski definition) is 2. The van der Waals surface area contributed by atoms with Gasteiger partial charge in [-0.05, 0) is 52.6 Å². The van der Waals surface area contributed by atoms with E-state index in [-0.39, 0.29) is 0 Å². The van der Waals surface area contributed by atoms with Crippen molar-refractivity contribution in [2.75, 3.05) is 0 Å². The molecule has 0 amide bonds. The zero-order valence-corrected chi connectivity index (χ0v) is 11.4. The quantitative estimate of drug-likeness (QED) is 0.892. The highest BCUT2D eigenvalue weighted by molar-refractivity contribution is 9.10. The fraction of sp³-hybridized carbons (Fsp3) is 0.667. The topological polar surface area (TPSA) is 20.2 Å². The maximum Gasteiger partial charge on any atom is 0.0699 e. The highest BCUT2D eigenvalue weighted by Gasteiger charge is 2.37. The molecule has 0 saturated heterocycles. The van der Waals surface area contributed by atoms with E-state index in [4.69, 9.17) is 0 Å². The molecule has 1 aromatic rings. The van der Waals surface area contributed by atoms with Crippen molar-refractivity contribution >= 4 is 27.3 Å². The summed E-state index contributed by atoms with van der Waals surface area (Å²) >= 11 is 5.27. The summed E-state index contributed by atoms with van der Waals surface area (Å²) in [5, 5.41) is 12.6. The third kappa shape index (κ3) is 2.63. The van der Waals surface area contributed by atoms with Crippen LogP contribution >= 0.6 is 27.3 Å². The Balaban J connectivity index is 2.03. The van der Waals surface area contributed by atoms with Crippen LogP contribution in [-0.2, 0) is 6.42 Å². The van der Waals surface area contributed by atoms with E-state index in [1.54, 1.807) is 11.3 Å². The van der Waals surface area contributed by atoms with Crippen molar-refractivity contribution in [3.8, 4) is 0 Å². The molecule has 0 bridgehead atoms. The summed E-state index contributed by atoms with van der Waals surface area (Å²) in [7, 11) is 0. The molecule has 1 aromatic heterocycles. The van der Waals surface area contributed by atoms with Crippen LogP contribution in [0, 0.1) is 5.92 Å². The maximum absolute atomic E-state index is 10.5. The van der Waals surface area contributed by atoms with Gasteiger partial charge < -0.3 is 5.11 Å². The van der Waals surface area contributed by atoms with E-state index < -0.39 is 5.60 Å². The molecule has 0 aromatic carbocycles. The van der Waals surface area contributed by atoms with E-state index in [2.05, 4.69) is 34.3 Å². The van der Waals surface area contributed by atoms with Crippen molar-refractivity contribution in [3.05, 3.63) is 20.8 Å². The van der Waals surface area contributed by atoms with Crippen LogP contribution in [0.3, 0.4) is 0 Å².